The number of aromatic nitrogens is 2. The Balaban J connectivity index is 2.00. The largest absolute Gasteiger partial charge is 0.340 e. The second-order valence-electron chi connectivity index (χ2n) is 4.14. The van der Waals surface area contributed by atoms with Crippen LogP contribution in [-0.4, -0.2) is 9.97 Å². The van der Waals surface area contributed by atoms with Crippen LogP contribution in [0.4, 0.5) is 11.5 Å². The third kappa shape index (κ3) is 2.71. The molecule has 5 heteroatoms. The van der Waals surface area contributed by atoms with Crippen molar-refractivity contribution in [2.45, 2.75) is 13.3 Å². The molecule has 19 heavy (non-hydrogen) atoms. The van der Waals surface area contributed by atoms with Gasteiger partial charge >= 0.3 is 0 Å². The molecule has 0 spiro atoms. The lowest BCUT2D eigenvalue weighted by Gasteiger charge is -2.06. The summed E-state index contributed by atoms with van der Waals surface area (Å²) in [6, 6.07) is 10.4. The van der Waals surface area contributed by atoms with Crippen molar-refractivity contribution >= 4 is 55.6 Å². The average Bonchev–Trinajstić information content (AvgIpc) is 2.85. The maximum atomic E-state index is 4.35. The Bertz CT molecular complexity index is 706. The Morgan fingerprint density at radius 1 is 1.21 bits per heavy atom. The molecule has 0 aliphatic rings. The number of benzene rings is 1. The number of hydrogen-bond acceptors (Lipinski definition) is 4. The summed E-state index contributed by atoms with van der Waals surface area (Å²) in [5, 5.41) is 4.46. The molecule has 0 fully saturated rings. The molecule has 0 unspecified atom stereocenters. The lowest BCUT2D eigenvalue weighted by atomic mass is 10.3. The average molecular weight is 381 g/mol. The van der Waals surface area contributed by atoms with Crippen LogP contribution < -0.4 is 5.32 Å². The lowest BCUT2D eigenvalue weighted by Crippen LogP contribution is -1.94. The van der Waals surface area contributed by atoms with Gasteiger partial charge in [0.1, 0.15) is 17.0 Å². The summed E-state index contributed by atoms with van der Waals surface area (Å²) in [7, 11) is 0. The van der Waals surface area contributed by atoms with E-state index in [0.717, 1.165) is 28.1 Å². The lowest BCUT2D eigenvalue weighted by molar-refractivity contribution is 1.19. The monoisotopic (exact) mass is 381 g/mol. The molecule has 0 aliphatic heterocycles. The van der Waals surface area contributed by atoms with Gasteiger partial charge in [-0.3, -0.25) is 0 Å². The molecular weight excluding hydrogens is 369 g/mol. The Labute approximate surface area is 129 Å². The SMILES string of the molecule is CCc1cc2c(Nc3ccc(I)cc3)ncnc2s1. The van der Waals surface area contributed by atoms with Crippen molar-refractivity contribution in [2.24, 2.45) is 0 Å². The highest BCUT2D eigenvalue weighted by molar-refractivity contribution is 14.1. The van der Waals surface area contributed by atoms with Gasteiger partial charge in [0.25, 0.3) is 0 Å². The van der Waals surface area contributed by atoms with E-state index in [1.54, 1.807) is 17.7 Å². The van der Waals surface area contributed by atoms with Crippen LogP contribution in [0.1, 0.15) is 11.8 Å². The van der Waals surface area contributed by atoms with E-state index in [-0.39, 0.29) is 0 Å². The Morgan fingerprint density at radius 2 is 2.00 bits per heavy atom. The standard InChI is InChI=1S/C14H12IN3S/c1-2-11-7-12-13(16-8-17-14(12)19-11)18-10-5-3-9(15)4-6-10/h3-8H,2H2,1H3,(H,16,17,18). The predicted molar refractivity (Wildman–Crippen MR) is 89.2 cm³/mol. The Morgan fingerprint density at radius 3 is 2.74 bits per heavy atom. The highest BCUT2D eigenvalue weighted by Gasteiger charge is 2.08. The summed E-state index contributed by atoms with van der Waals surface area (Å²) < 4.78 is 1.22. The van der Waals surface area contributed by atoms with Crippen molar-refractivity contribution in [1.29, 1.82) is 0 Å². The third-order valence-corrected chi connectivity index (χ3v) is 4.74. The first-order valence-corrected chi connectivity index (χ1v) is 7.92. The summed E-state index contributed by atoms with van der Waals surface area (Å²) in [4.78, 5) is 11.1. The van der Waals surface area contributed by atoms with Gasteiger partial charge in [0, 0.05) is 14.1 Å². The number of rotatable bonds is 3. The number of hydrogen-bond donors (Lipinski definition) is 1. The zero-order chi connectivity index (χ0) is 13.2. The van der Waals surface area contributed by atoms with Crippen LogP contribution in [0.25, 0.3) is 10.2 Å². The minimum Gasteiger partial charge on any atom is -0.340 e. The van der Waals surface area contributed by atoms with Crippen molar-refractivity contribution in [3.63, 3.8) is 0 Å². The summed E-state index contributed by atoms with van der Waals surface area (Å²) in [6.45, 7) is 2.16. The second kappa shape index (κ2) is 5.42. The molecule has 3 nitrogen and oxygen atoms in total. The van der Waals surface area contributed by atoms with Crippen LogP contribution in [0.2, 0.25) is 0 Å². The van der Waals surface area contributed by atoms with Gasteiger partial charge in [0.05, 0.1) is 5.39 Å². The number of nitrogens with one attached hydrogen (secondary N) is 1. The molecule has 1 N–H and O–H groups in total. The molecule has 0 amide bonds. The van der Waals surface area contributed by atoms with Crippen molar-refractivity contribution in [3.05, 3.63) is 45.1 Å². The van der Waals surface area contributed by atoms with E-state index >= 15 is 0 Å². The van der Waals surface area contributed by atoms with Crippen LogP contribution in [0.15, 0.2) is 36.7 Å². The van der Waals surface area contributed by atoms with Crippen molar-refractivity contribution < 1.29 is 0 Å². The first-order valence-electron chi connectivity index (χ1n) is 6.02. The maximum Gasteiger partial charge on any atom is 0.142 e. The van der Waals surface area contributed by atoms with Gasteiger partial charge in [-0.05, 0) is 59.3 Å². The molecule has 2 heterocycles. The highest BCUT2D eigenvalue weighted by Crippen LogP contribution is 2.30. The van der Waals surface area contributed by atoms with Crippen LogP contribution in [-0.2, 0) is 6.42 Å². The molecule has 0 aliphatic carbocycles. The molecule has 96 valence electrons. The molecule has 0 saturated heterocycles. The number of nitrogens with zero attached hydrogens (tertiary/aromatic N) is 2. The third-order valence-electron chi connectivity index (χ3n) is 2.84. The van der Waals surface area contributed by atoms with Gasteiger partial charge in [0.2, 0.25) is 0 Å². The van der Waals surface area contributed by atoms with Crippen molar-refractivity contribution in [1.82, 2.24) is 9.97 Å². The quantitative estimate of drug-likeness (QED) is 0.674. The van der Waals surface area contributed by atoms with Crippen molar-refractivity contribution in [2.75, 3.05) is 5.32 Å². The molecule has 3 rings (SSSR count). The van der Waals surface area contributed by atoms with Gasteiger partial charge < -0.3 is 5.32 Å². The Kier molecular flexibility index (Phi) is 3.65. The number of halogens is 1. The molecule has 0 bridgehead atoms. The number of aryl methyl sites for hydroxylation is 1. The number of thiophene rings is 1. The van der Waals surface area contributed by atoms with E-state index in [4.69, 9.17) is 0 Å². The van der Waals surface area contributed by atoms with E-state index in [0.29, 0.717) is 0 Å². The summed E-state index contributed by atoms with van der Waals surface area (Å²) in [5.74, 6) is 0.877. The number of fused-ring (bicyclic) bond motifs is 1. The van der Waals surface area contributed by atoms with Crippen LogP contribution >= 0.6 is 33.9 Å². The minimum absolute atomic E-state index is 0.877. The fourth-order valence-corrected chi connectivity index (χ4v) is 3.14. The first kappa shape index (κ1) is 12.8. The molecular formula is C14H12IN3S. The molecule has 0 radical (unpaired) electrons. The molecule has 2 aromatic heterocycles. The smallest absolute Gasteiger partial charge is 0.142 e. The maximum absolute atomic E-state index is 4.35. The predicted octanol–water partition coefficient (Wildman–Crippen LogP) is 4.60. The summed E-state index contributed by atoms with van der Waals surface area (Å²) in [6.07, 6.45) is 2.65. The highest BCUT2D eigenvalue weighted by atomic mass is 127. The van der Waals surface area contributed by atoms with E-state index in [1.807, 2.05) is 0 Å². The second-order valence-corrected chi connectivity index (χ2v) is 6.50. The van der Waals surface area contributed by atoms with Crippen LogP contribution in [0.3, 0.4) is 0 Å². The van der Waals surface area contributed by atoms with Gasteiger partial charge in [-0.25, -0.2) is 9.97 Å². The minimum atomic E-state index is 0.877. The number of anilines is 2. The van der Waals surface area contributed by atoms with Gasteiger partial charge in [-0.15, -0.1) is 11.3 Å². The normalized spacial score (nSPS) is 10.8. The van der Waals surface area contributed by atoms with E-state index in [9.17, 15) is 0 Å². The zero-order valence-electron chi connectivity index (χ0n) is 10.4. The fraction of sp³-hybridized carbons (Fsp3) is 0.143. The summed E-state index contributed by atoms with van der Waals surface area (Å²) in [5.41, 5.74) is 1.05. The molecule has 3 aromatic rings. The molecule has 0 saturated carbocycles. The van der Waals surface area contributed by atoms with E-state index in [1.165, 1.54) is 8.45 Å². The summed E-state index contributed by atoms with van der Waals surface area (Å²) >= 11 is 4.03. The molecule has 1 aromatic carbocycles. The first-order chi connectivity index (χ1) is 9.26. The van der Waals surface area contributed by atoms with E-state index in [2.05, 4.69) is 75.1 Å². The Hall–Kier alpha value is -1.21. The zero-order valence-corrected chi connectivity index (χ0v) is 13.3. The topological polar surface area (TPSA) is 37.8 Å². The van der Waals surface area contributed by atoms with Crippen LogP contribution in [0, 0.1) is 3.57 Å². The van der Waals surface area contributed by atoms with Crippen molar-refractivity contribution in [3.8, 4) is 0 Å². The van der Waals surface area contributed by atoms with Gasteiger partial charge in [-0.1, -0.05) is 6.92 Å². The van der Waals surface area contributed by atoms with Gasteiger partial charge in [0.15, 0.2) is 0 Å². The fourth-order valence-electron chi connectivity index (χ4n) is 1.85. The molecule has 0 atom stereocenters. The van der Waals surface area contributed by atoms with E-state index < -0.39 is 0 Å². The van der Waals surface area contributed by atoms with Gasteiger partial charge in [-0.2, -0.15) is 0 Å². The van der Waals surface area contributed by atoms with Crippen LogP contribution in [0.5, 0.6) is 0 Å².